The third kappa shape index (κ3) is 4.91. The number of hydrazone groups is 1. The largest absolute Gasteiger partial charge is 0.368 e. The van der Waals surface area contributed by atoms with Crippen molar-refractivity contribution in [3.05, 3.63) is 54.3 Å². The number of hydrogen-bond acceptors (Lipinski definition) is 6. The van der Waals surface area contributed by atoms with Crippen LogP contribution in [-0.4, -0.2) is 56.3 Å². The van der Waals surface area contributed by atoms with Gasteiger partial charge in [0.1, 0.15) is 23.4 Å². The average molecular weight is 487 g/mol. The van der Waals surface area contributed by atoms with E-state index in [1.165, 1.54) is 53.5 Å². The molecule has 10 nitrogen and oxygen atoms in total. The number of hydrogen-bond donors (Lipinski definition) is 2. The van der Waals surface area contributed by atoms with Crippen molar-refractivity contribution < 1.29 is 22.4 Å². The van der Waals surface area contributed by atoms with Gasteiger partial charge in [0.15, 0.2) is 0 Å². The van der Waals surface area contributed by atoms with Crippen molar-refractivity contribution >= 4 is 44.8 Å². The number of amides is 2. The van der Waals surface area contributed by atoms with Crippen LogP contribution in [0.25, 0.3) is 0 Å². The van der Waals surface area contributed by atoms with Gasteiger partial charge in [0.05, 0.1) is 10.6 Å². The number of sulfonamides is 1. The summed E-state index contributed by atoms with van der Waals surface area (Å²) in [6, 6.07) is 10.1. The predicted octanol–water partition coefficient (Wildman–Crippen LogP) is 1.70. The first-order valence-corrected chi connectivity index (χ1v) is 12.0. The molecule has 0 bridgehead atoms. The molecule has 178 valence electrons. The first-order chi connectivity index (χ1) is 16.1. The lowest BCUT2D eigenvalue weighted by Crippen LogP contribution is -2.39. The van der Waals surface area contributed by atoms with Crippen LogP contribution in [0, 0.1) is 5.82 Å². The Morgan fingerprint density at radius 2 is 1.94 bits per heavy atom. The van der Waals surface area contributed by atoms with E-state index >= 15 is 0 Å². The van der Waals surface area contributed by atoms with Crippen molar-refractivity contribution in [2.24, 2.45) is 15.2 Å². The van der Waals surface area contributed by atoms with Gasteiger partial charge in [-0.15, -0.1) is 4.40 Å². The number of primary amides is 1. The molecule has 0 radical (unpaired) electrons. The standard InChI is InChI=1S/C22H23FN6O4S/c1-28-11-3-6-20(28)27-34(32,33)17-5-2-4-15(12-17)25-22(31)18-13-19(21(24)30)29(26-18)16-9-7-14(23)8-10-16/h2,4-5,7-10,12,19H,3,6,11,13H2,1H3,(H2,24,30)(H,25,31)/b27-20+. The number of nitrogens with one attached hydrogen (secondary N) is 1. The third-order valence-corrected chi connectivity index (χ3v) is 6.84. The predicted molar refractivity (Wildman–Crippen MR) is 125 cm³/mol. The number of carbonyl (C=O) groups excluding carboxylic acids is 2. The zero-order chi connectivity index (χ0) is 24.5. The van der Waals surface area contributed by atoms with Crippen LogP contribution in [0.15, 0.2) is 62.9 Å². The fourth-order valence-electron chi connectivity index (χ4n) is 3.74. The Labute approximate surface area is 196 Å². The van der Waals surface area contributed by atoms with Crippen molar-refractivity contribution in [3.8, 4) is 0 Å². The van der Waals surface area contributed by atoms with Crippen LogP contribution in [0.2, 0.25) is 0 Å². The van der Waals surface area contributed by atoms with Crippen molar-refractivity contribution in [2.45, 2.75) is 30.2 Å². The molecule has 2 amide bonds. The zero-order valence-electron chi connectivity index (χ0n) is 18.3. The van der Waals surface area contributed by atoms with E-state index in [0.717, 1.165) is 13.0 Å². The molecule has 1 saturated heterocycles. The van der Waals surface area contributed by atoms with Gasteiger partial charge in [0.2, 0.25) is 5.91 Å². The molecule has 0 saturated carbocycles. The minimum atomic E-state index is -3.96. The Balaban J connectivity index is 1.54. The maximum absolute atomic E-state index is 13.3. The van der Waals surface area contributed by atoms with Crippen molar-refractivity contribution in [3.63, 3.8) is 0 Å². The van der Waals surface area contributed by atoms with Crippen LogP contribution >= 0.6 is 0 Å². The molecule has 4 rings (SSSR count). The van der Waals surface area contributed by atoms with Crippen molar-refractivity contribution in [1.29, 1.82) is 0 Å². The molecule has 2 aliphatic rings. The lowest BCUT2D eigenvalue weighted by atomic mass is 10.1. The van der Waals surface area contributed by atoms with Crippen LogP contribution in [0.4, 0.5) is 15.8 Å². The highest BCUT2D eigenvalue weighted by Gasteiger charge is 2.35. The van der Waals surface area contributed by atoms with E-state index in [-0.39, 0.29) is 22.7 Å². The first kappa shape index (κ1) is 23.4. The van der Waals surface area contributed by atoms with Crippen molar-refractivity contribution in [1.82, 2.24) is 4.90 Å². The van der Waals surface area contributed by atoms with Gasteiger partial charge in [-0.3, -0.25) is 14.6 Å². The fraction of sp³-hybridized carbons (Fsp3) is 0.273. The number of anilines is 2. The Bertz CT molecular complexity index is 1290. The van der Waals surface area contributed by atoms with Crippen LogP contribution in [0.5, 0.6) is 0 Å². The van der Waals surface area contributed by atoms with Crippen LogP contribution in [-0.2, 0) is 19.6 Å². The number of nitrogens with zero attached hydrogens (tertiary/aromatic N) is 4. The molecule has 2 aliphatic heterocycles. The van der Waals surface area contributed by atoms with Gasteiger partial charge in [-0.05, 0) is 48.9 Å². The second kappa shape index (κ2) is 9.21. The molecule has 0 aromatic heterocycles. The van der Waals surface area contributed by atoms with E-state index in [1.54, 1.807) is 11.9 Å². The van der Waals surface area contributed by atoms with Crippen LogP contribution < -0.4 is 16.1 Å². The second-order valence-corrected chi connectivity index (χ2v) is 9.58. The minimum absolute atomic E-state index is 0.0224. The summed E-state index contributed by atoms with van der Waals surface area (Å²) in [6.45, 7) is 0.744. The van der Waals surface area contributed by atoms with Gasteiger partial charge in [-0.1, -0.05) is 6.07 Å². The maximum atomic E-state index is 13.3. The summed E-state index contributed by atoms with van der Waals surface area (Å²) < 4.78 is 42.7. The fourth-order valence-corrected chi connectivity index (χ4v) is 4.88. The minimum Gasteiger partial charge on any atom is -0.368 e. The summed E-state index contributed by atoms with van der Waals surface area (Å²) in [5.41, 5.74) is 6.12. The molecule has 2 heterocycles. The monoisotopic (exact) mass is 486 g/mol. The Morgan fingerprint density at radius 3 is 2.59 bits per heavy atom. The Kier molecular flexibility index (Phi) is 6.33. The van der Waals surface area contributed by atoms with E-state index < -0.39 is 33.7 Å². The molecule has 12 heteroatoms. The van der Waals surface area contributed by atoms with E-state index in [4.69, 9.17) is 5.73 Å². The molecule has 1 fully saturated rings. The Morgan fingerprint density at radius 1 is 1.21 bits per heavy atom. The summed E-state index contributed by atoms with van der Waals surface area (Å²) in [5, 5.41) is 8.08. The normalized spacial score (nSPS) is 19.4. The van der Waals surface area contributed by atoms with E-state index in [1.807, 2.05) is 0 Å². The molecule has 2 aromatic carbocycles. The smallest absolute Gasteiger partial charge is 0.284 e. The van der Waals surface area contributed by atoms with Gasteiger partial charge in [-0.25, -0.2) is 4.39 Å². The maximum Gasteiger partial charge on any atom is 0.284 e. The summed E-state index contributed by atoms with van der Waals surface area (Å²) in [6.07, 6.45) is 1.36. The quantitative estimate of drug-likeness (QED) is 0.638. The van der Waals surface area contributed by atoms with Gasteiger partial charge in [-0.2, -0.15) is 13.5 Å². The van der Waals surface area contributed by atoms with Gasteiger partial charge >= 0.3 is 0 Å². The summed E-state index contributed by atoms with van der Waals surface area (Å²) >= 11 is 0. The van der Waals surface area contributed by atoms with Crippen LogP contribution in [0.1, 0.15) is 19.3 Å². The van der Waals surface area contributed by atoms with Gasteiger partial charge in [0.25, 0.3) is 15.9 Å². The number of nitrogens with two attached hydrogens (primary N) is 1. The first-order valence-electron chi connectivity index (χ1n) is 10.5. The zero-order valence-corrected chi connectivity index (χ0v) is 19.1. The SMILES string of the molecule is CN1CCC/C1=N\S(=O)(=O)c1cccc(NC(=O)C2=NN(c3ccc(F)cc3)C(C(N)=O)C2)c1. The molecule has 0 spiro atoms. The number of benzene rings is 2. The van der Waals surface area contributed by atoms with E-state index in [2.05, 4.69) is 14.8 Å². The number of halogens is 1. The molecule has 3 N–H and O–H groups in total. The highest BCUT2D eigenvalue weighted by Crippen LogP contribution is 2.26. The third-order valence-electron chi connectivity index (χ3n) is 5.54. The van der Waals surface area contributed by atoms with Gasteiger partial charge in [0, 0.05) is 32.1 Å². The Hall–Kier alpha value is -3.80. The molecule has 2 aromatic rings. The summed E-state index contributed by atoms with van der Waals surface area (Å²) in [7, 11) is -2.17. The summed E-state index contributed by atoms with van der Waals surface area (Å²) in [4.78, 5) is 26.5. The lowest BCUT2D eigenvalue weighted by molar-refractivity contribution is -0.119. The molecule has 1 atom stereocenters. The second-order valence-electron chi connectivity index (χ2n) is 7.98. The average Bonchev–Trinajstić information content (AvgIpc) is 3.41. The van der Waals surface area contributed by atoms with Crippen LogP contribution in [0.3, 0.4) is 0 Å². The number of carbonyl (C=O) groups is 2. The van der Waals surface area contributed by atoms with Crippen molar-refractivity contribution in [2.75, 3.05) is 23.9 Å². The molecular formula is C22H23FN6O4S. The molecule has 1 unspecified atom stereocenters. The summed E-state index contributed by atoms with van der Waals surface area (Å²) in [5.74, 6) is -1.28. The molecular weight excluding hydrogens is 463 g/mol. The number of likely N-dealkylation sites (tertiary alicyclic amines) is 1. The van der Waals surface area contributed by atoms with E-state index in [0.29, 0.717) is 17.9 Å². The highest BCUT2D eigenvalue weighted by molar-refractivity contribution is 7.90. The molecule has 34 heavy (non-hydrogen) atoms. The van der Waals surface area contributed by atoms with E-state index in [9.17, 15) is 22.4 Å². The number of rotatable bonds is 6. The van der Waals surface area contributed by atoms with Gasteiger partial charge < -0.3 is 16.0 Å². The topological polar surface area (TPSA) is 138 Å². The lowest BCUT2D eigenvalue weighted by Gasteiger charge is -2.20. The molecule has 0 aliphatic carbocycles. The highest BCUT2D eigenvalue weighted by atomic mass is 32.2. The number of amidine groups is 1.